The number of amides is 1. The largest absolute Gasteiger partial charge is 0.325 e. The standard InChI is InChI=1S/C21H22FNO2/c22-17-12-10-15(11-13-17)14-20(24)18-8-4-5-9-19(18)23-21(25)16-6-2-1-3-7-16/h4-5,8-13,16H,1-3,6-7,14H2,(H,23,25). The van der Waals surface area contributed by atoms with Gasteiger partial charge in [-0.05, 0) is 42.7 Å². The van der Waals surface area contributed by atoms with E-state index in [0.717, 1.165) is 31.2 Å². The van der Waals surface area contributed by atoms with Gasteiger partial charge in [0.15, 0.2) is 5.78 Å². The molecule has 1 amide bonds. The molecule has 1 fully saturated rings. The zero-order valence-corrected chi connectivity index (χ0v) is 14.1. The highest BCUT2D eigenvalue weighted by Crippen LogP contribution is 2.26. The molecule has 1 N–H and O–H groups in total. The summed E-state index contributed by atoms with van der Waals surface area (Å²) in [6.07, 6.45) is 5.37. The fraction of sp³-hybridized carbons (Fsp3) is 0.333. The average molecular weight is 339 g/mol. The van der Waals surface area contributed by atoms with Crippen molar-refractivity contribution in [1.29, 1.82) is 0 Å². The third kappa shape index (κ3) is 4.53. The first kappa shape index (κ1) is 17.3. The van der Waals surface area contributed by atoms with Crippen molar-refractivity contribution in [1.82, 2.24) is 0 Å². The first-order chi connectivity index (χ1) is 12.1. The van der Waals surface area contributed by atoms with E-state index < -0.39 is 0 Å². The van der Waals surface area contributed by atoms with E-state index >= 15 is 0 Å². The van der Waals surface area contributed by atoms with Crippen LogP contribution in [0.25, 0.3) is 0 Å². The van der Waals surface area contributed by atoms with Crippen molar-refractivity contribution in [2.45, 2.75) is 38.5 Å². The molecule has 3 rings (SSSR count). The molecule has 3 nitrogen and oxygen atoms in total. The summed E-state index contributed by atoms with van der Waals surface area (Å²) >= 11 is 0. The summed E-state index contributed by atoms with van der Waals surface area (Å²) in [7, 11) is 0. The number of benzene rings is 2. The molecular formula is C21H22FNO2. The highest BCUT2D eigenvalue weighted by molar-refractivity contribution is 6.06. The van der Waals surface area contributed by atoms with Crippen molar-refractivity contribution in [2.75, 3.05) is 5.32 Å². The lowest BCUT2D eigenvalue weighted by Gasteiger charge is -2.21. The molecule has 0 atom stereocenters. The minimum absolute atomic E-state index is 0.00160. The third-order valence-electron chi connectivity index (χ3n) is 4.74. The van der Waals surface area contributed by atoms with Gasteiger partial charge in [-0.2, -0.15) is 0 Å². The fourth-order valence-electron chi connectivity index (χ4n) is 3.32. The minimum atomic E-state index is -0.323. The summed E-state index contributed by atoms with van der Waals surface area (Å²) in [5.74, 6) is -0.377. The molecular weight excluding hydrogens is 317 g/mol. The zero-order valence-electron chi connectivity index (χ0n) is 14.1. The van der Waals surface area contributed by atoms with Crippen molar-refractivity contribution >= 4 is 17.4 Å². The van der Waals surface area contributed by atoms with Crippen LogP contribution < -0.4 is 5.32 Å². The number of rotatable bonds is 5. The third-order valence-corrected chi connectivity index (χ3v) is 4.74. The fourth-order valence-corrected chi connectivity index (χ4v) is 3.32. The lowest BCUT2D eigenvalue weighted by molar-refractivity contribution is -0.120. The Morgan fingerprint density at radius 3 is 2.36 bits per heavy atom. The summed E-state index contributed by atoms with van der Waals surface area (Å²) in [5.41, 5.74) is 1.81. The predicted molar refractivity (Wildman–Crippen MR) is 96.1 cm³/mol. The average Bonchev–Trinajstić information content (AvgIpc) is 2.64. The Bertz CT molecular complexity index is 749. The quantitative estimate of drug-likeness (QED) is 0.798. The second kappa shape index (κ2) is 8.06. The van der Waals surface area contributed by atoms with Crippen LogP contribution in [0, 0.1) is 11.7 Å². The van der Waals surface area contributed by atoms with Gasteiger partial charge < -0.3 is 5.32 Å². The topological polar surface area (TPSA) is 46.2 Å². The Labute approximate surface area is 147 Å². The van der Waals surface area contributed by atoms with Gasteiger partial charge in [-0.15, -0.1) is 0 Å². The van der Waals surface area contributed by atoms with Crippen molar-refractivity contribution in [2.24, 2.45) is 5.92 Å². The maximum Gasteiger partial charge on any atom is 0.227 e. The maximum absolute atomic E-state index is 13.0. The molecule has 0 aliphatic heterocycles. The molecule has 25 heavy (non-hydrogen) atoms. The maximum atomic E-state index is 13.0. The molecule has 2 aromatic rings. The normalized spacial score (nSPS) is 14.9. The van der Waals surface area contributed by atoms with Gasteiger partial charge >= 0.3 is 0 Å². The number of Topliss-reactive ketones (excluding diaryl/α,β-unsaturated/α-hetero) is 1. The van der Waals surface area contributed by atoms with E-state index in [4.69, 9.17) is 0 Å². The molecule has 0 aromatic heterocycles. The van der Waals surface area contributed by atoms with Crippen LogP contribution in [0.1, 0.15) is 48.0 Å². The Hall–Kier alpha value is -2.49. The van der Waals surface area contributed by atoms with E-state index in [1.54, 1.807) is 30.3 Å². The van der Waals surface area contributed by atoms with Crippen molar-refractivity contribution in [3.8, 4) is 0 Å². The van der Waals surface area contributed by atoms with Crippen molar-refractivity contribution in [3.05, 3.63) is 65.5 Å². The van der Waals surface area contributed by atoms with Gasteiger partial charge in [0, 0.05) is 17.9 Å². The first-order valence-electron chi connectivity index (χ1n) is 8.81. The Kier molecular flexibility index (Phi) is 5.59. The Balaban J connectivity index is 1.72. The van der Waals surface area contributed by atoms with Crippen LogP contribution >= 0.6 is 0 Å². The lowest BCUT2D eigenvalue weighted by Crippen LogP contribution is -2.25. The van der Waals surface area contributed by atoms with Crippen LogP contribution in [-0.2, 0) is 11.2 Å². The van der Waals surface area contributed by atoms with Gasteiger partial charge in [-0.3, -0.25) is 9.59 Å². The number of halogens is 1. The molecule has 1 saturated carbocycles. The van der Waals surface area contributed by atoms with Gasteiger partial charge in [0.2, 0.25) is 5.91 Å². The van der Waals surface area contributed by atoms with E-state index in [9.17, 15) is 14.0 Å². The van der Waals surface area contributed by atoms with E-state index in [0.29, 0.717) is 11.3 Å². The molecule has 0 saturated heterocycles. The molecule has 1 aliphatic carbocycles. The zero-order chi connectivity index (χ0) is 17.6. The summed E-state index contributed by atoms with van der Waals surface area (Å²) in [6, 6.07) is 13.0. The molecule has 4 heteroatoms. The van der Waals surface area contributed by atoms with Crippen LogP contribution in [0.5, 0.6) is 0 Å². The summed E-state index contributed by atoms with van der Waals surface area (Å²) in [4.78, 5) is 25.1. The number of nitrogens with one attached hydrogen (secondary N) is 1. The molecule has 0 spiro atoms. The second-order valence-corrected chi connectivity index (χ2v) is 6.60. The summed E-state index contributed by atoms with van der Waals surface area (Å²) in [6.45, 7) is 0. The van der Waals surface area contributed by atoms with Crippen LogP contribution in [-0.4, -0.2) is 11.7 Å². The molecule has 0 heterocycles. The van der Waals surface area contributed by atoms with Crippen molar-refractivity contribution < 1.29 is 14.0 Å². The number of carbonyl (C=O) groups excluding carboxylic acids is 2. The van der Waals surface area contributed by atoms with Gasteiger partial charge in [0.05, 0.1) is 5.69 Å². The van der Waals surface area contributed by atoms with Crippen LogP contribution in [0.2, 0.25) is 0 Å². The minimum Gasteiger partial charge on any atom is -0.325 e. The Morgan fingerprint density at radius 2 is 1.64 bits per heavy atom. The molecule has 0 bridgehead atoms. The second-order valence-electron chi connectivity index (χ2n) is 6.60. The van der Waals surface area contributed by atoms with Gasteiger partial charge in [-0.25, -0.2) is 4.39 Å². The van der Waals surface area contributed by atoms with Gasteiger partial charge in [0.25, 0.3) is 0 Å². The lowest BCUT2D eigenvalue weighted by atomic mass is 9.88. The number of anilines is 1. The van der Waals surface area contributed by atoms with Crippen molar-refractivity contribution in [3.63, 3.8) is 0 Å². The molecule has 0 radical (unpaired) electrons. The van der Waals surface area contributed by atoms with Crippen LogP contribution in [0.15, 0.2) is 48.5 Å². The molecule has 0 unspecified atom stereocenters. The predicted octanol–water partition coefficient (Wildman–Crippen LogP) is 4.77. The molecule has 1 aliphatic rings. The van der Waals surface area contributed by atoms with Crippen LogP contribution in [0.4, 0.5) is 10.1 Å². The molecule has 130 valence electrons. The van der Waals surface area contributed by atoms with E-state index in [2.05, 4.69) is 5.32 Å². The smallest absolute Gasteiger partial charge is 0.227 e. The monoisotopic (exact) mass is 339 g/mol. The highest BCUT2D eigenvalue weighted by atomic mass is 19.1. The van der Waals surface area contributed by atoms with E-state index in [1.165, 1.54) is 18.6 Å². The van der Waals surface area contributed by atoms with E-state index in [-0.39, 0.29) is 29.8 Å². The number of hydrogen-bond acceptors (Lipinski definition) is 2. The number of hydrogen-bond donors (Lipinski definition) is 1. The van der Waals surface area contributed by atoms with Gasteiger partial charge in [-0.1, -0.05) is 43.5 Å². The van der Waals surface area contributed by atoms with Gasteiger partial charge in [0.1, 0.15) is 5.82 Å². The summed E-state index contributed by atoms with van der Waals surface area (Å²) in [5, 5.41) is 2.94. The van der Waals surface area contributed by atoms with E-state index in [1.807, 2.05) is 6.07 Å². The highest BCUT2D eigenvalue weighted by Gasteiger charge is 2.22. The molecule has 2 aromatic carbocycles. The number of carbonyl (C=O) groups is 2. The SMILES string of the molecule is O=C(Cc1ccc(F)cc1)c1ccccc1NC(=O)C1CCCCC1. The summed E-state index contributed by atoms with van der Waals surface area (Å²) < 4.78 is 13.0. The first-order valence-corrected chi connectivity index (χ1v) is 8.81. The van der Waals surface area contributed by atoms with Crippen LogP contribution in [0.3, 0.4) is 0 Å². The Morgan fingerprint density at radius 1 is 0.960 bits per heavy atom. The number of para-hydroxylation sites is 1. The number of ketones is 1.